The van der Waals surface area contributed by atoms with Gasteiger partial charge in [-0.1, -0.05) is 41.7 Å². The SMILES string of the molecule is CCOC(=O)C1=C(C(F)(F)F)N=c2s/c(=C\c3cc(OC)c(OC)c(OC)c3)c(=O)n2[C@@H]1c1ccccc1. The predicted octanol–water partition coefficient (Wildman–Crippen LogP) is 3.37. The molecular weight excluding hydrogens is 525 g/mol. The largest absolute Gasteiger partial charge is 0.493 e. The van der Waals surface area contributed by atoms with E-state index < -0.39 is 35.0 Å². The molecule has 1 atom stereocenters. The summed E-state index contributed by atoms with van der Waals surface area (Å²) < 4.78 is 64.7. The molecule has 200 valence electrons. The van der Waals surface area contributed by atoms with Crippen LogP contribution in [0.3, 0.4) is 0 Å². The van der Waals surface area contributed by atoms with Crippen molar-refractivity contribution in [1.82, 2.24) is 4.57 Å². The zero-order valence-corrected chi connectivity index (χ0v) is 21.6. The molecule has 0 aliphatic carbocycles. The maximum Gasteiger partial charge on any atom is 0.434 e. The highest BCUT2D eigenvalue weighted by Gasteiger charge is 2.45. The number of aromatic nitrogens is 1. The molecule has 2 aromatic carbocycles. The highest BCUT2D eigenvalue weighted by atomic mass is 32.1. The molecule has 38 heavy (non-hydrogen) atoms. The number of ether oxygens (including phenoxy) is 4. The van der Waals surface area contributed by atoms with Crippen LogP contribution < -0.4 is 29.1 Å². The molecule has 0 radical (unpaired) electrons. The van der Waals surface area contributed by atoms with E-state index in [1.807, 2.05) is 0 Å². The van der Waals surface area contributed by atoms with Crippen LogP contribution in [-0.2, 0) is 9.53 Å². The average Bonchev–Trinajstić information content (AvgIpc) is 3.21. The topological polar surface area (TPSA) is 88.4 Å². The van der Waals surface area contributed by atoms with Gasteiger partial charge in [-0.3, -0.25) is 9.36 Å². The van der Waals surface area contributed by atoms with Crippen LogP contribution in [0.4, 0.5) is 13.2 Å². The summed E-state index contributed by atoms with van der Waals surface area (Å²) in [5.41, 5.74) is -2.00. The van der Waals surface area contributed by atoms with Crippen LogP contribution in [0.5, 0.6) is 17.2 Å². The molecule has 0 saturated heterocycles. The molecule has 8 nitrogen and oxygen atoms in total. The second kappa shape index (κ2) is 10.7. The minimum absolute atomic E-state index is 0.0885. The van der Waals surface area contributed by atoms with Crippen molar-refractivity contribution in [1.29, 1.82) is 0 Å². The molecule has 4 rings (SSSR count). The molecule has 0 saturated carbocycles. The van der Waals surface area contributed by atoms with Crippen molar-refractivity contribution < 1.29 is 36.9 Å². The number of benzene rings is 2. The van der Waals surface area contributed by atoms with E-state index >= 15 is 0 Å². The molecule has 3 aromatic rings. The Balaban J connectivity index is 2.03. The van der Waals surface area contributed by atoms with Crippen molar-refractivity contribution in [3.63, 3.8) is 0 Å². The van der Waals surface area contributed by atoms with E-state index in [0.717, 1.165) is 15.9 Å². The molecule has 2 heterocycles. The first-order valence-electron chi connectivity index (χ1n) is 11.3. The zero-order chi connectivity index (χ0) is 27.6. The number of esters is 1. The third-order valence-electron chi connectivity index (χ3n) is 5.70. The van der Waals surface area contributed by atoms with Crippen LogP contribution in [-0.4, -0.2) is 44.6 Å². The fourth-order valence-electron chi connectivity index (χ4n) is 4.13. The van der Waals surface area contributed by atoms with E-state index in [0.29, 0.717) is 28.4 Å². The molecule has 1 aliphatic heterocycles. The maximum atomic E-state index is 14.2. The first-order valence-corrected chi connectivity index (χ1v) is 12.1. The molecule has 0 unspecified atom stereocenters. The van der Waals surface area contributed by atoms with Gasteiger partial charge in [0.2, 0.25) is 5.75 Å². The summed E-state index contributed by atoms with van der Waals surface area (Å²) in [5.74, 6) is -0.197. The standard InChI is InChI=1S/C26H23F3N2O6S/c1-5-37-24(33)19-20(15-9-7-6-8-10-15)31-23(32)18(38-25(31)30-22(19)26(27,28)29)13-14-11-16(34-2)21(36-4)17(12-14)35-3/h6-13,20H,5H2,1-4H3/b18-13-/t20-/m1/s1. The van der Waals surface area contributed by atoms with E-state index in [2.05, 4.69) is 4.99 Å². The number of hydrogen-bond acceptors (Lipinski definition) is 8. The summed E-state index contributed by atoms with van der Waals surface area (Å²) >= 11 is 0.768. The predicted molar refractivity (Wildman–Crippen MR) is 133 cm³/mol. The quantitative estimate of drug-likeness (QED) is 0.421. The summed E-state index contributed by atoms with van der Waals surface area (Å²) in [7, 11) is 4.32. The summed E-state index contributed by atoms with van der Waals surface area (Å²) in [6, 6.07) is 9.77. The molecule has 0 fully saturated rings. The van der Waals surface area contributed by atoms with Gasteiger partial charge in [0.15, 0.2) is 22.0 Å². The van der Waals surface area contributed by atoms with Gasteiger partial charge in [-0.25, -0.2) is 9.79 Å². The van der Waals surface area contributed by atoms with Crippen molar-refractivity contribution in [2.75, 3.05) is 27.9 Å². The highest BCUT2D eigenvalue weighted by molar-refractivity contribution is 7.07. The van der Waals surface area contributed by atoms with Crippen LogP contribution in [0.25, 0.3) is 6.08 Å². The van der Waals surface area contributed by atoms with E-state index in [1.165, 1.54) is 34.3 Å². The normalized spacial score (nSPS) is 15.6. The minimum Gasteiger partial charge on any atom is -0.493 e. The van der Waals surface area contributed by atoms with Crippen molar-refractivity contribution in [2.45, 2.75) is 19.1 Å². The van der Waals surface area contributed by atoms with Crippen molar-refractivity contribution in [2.24, 2.45) is 4.99 Å². The number of fused-ring (bicyclic) bond motifs is 1. The lowest BCUT2D eigenvalue weighted by atomic mass is 9.95. The Hall–Kier alpha value is -4.06. The van der Waals surface area contributed by atoms with Gasteiger partial charge in [0, 0.05) is 0 Å². The first-order chi connectivity index (χ1) is 18.1. The fourth-order valence-corrected chi connectivity index (χ4v) is 5.13. The molecule has 12 heteroatoms. The van der Waals surface area contributed by atoms with Gasteiger partial charge in [0.25, 0.3) is 5.56 Å². The Morgan fingerprint density at radius 3 is 2.24 bits per heavy atom. The average molecular weight is 549 g/mol. The fraction of sp³-hybridized carbons (Fsp3) is 0.269. The van der Waals surface area contributed by atoms with Crippen molar-refractivity contribution >= 4 is 23.4 Å². The van der Waals surface area contributed by atoms with Gasteiger partial charge >= 0.3 is 12.1 Å². The lowest BCUT2D eigenvalue weighted by Gasteiger charge is -2.26. The number of nitrogens with zero attached hydrogens (tertiary/aromatic N) is 2. The maximum absolute atomic E-state index is 14.2. The van der Waals surface area contributed by atoms with E-state index in [9.17, 15) is 22.8 Å². The van der Waals surface area contributed by atoms with Gasteiger partial charge < -0.3 is 18.9 Å². The number of carbonyl (C=O) groups is 1. The number of hydrogen-bond donors (Lipinski definition) is 0. The number of carbonyl (C=O) groups excluding carboxylic acids is 1. The number of allylic oxidation sites excluding steroid dienone is 1. The third kappa shape index (κ3) is 4.91. The lowest BCUT2D eigenvalue weighted by molar-refractivity contribution is -0.140. The first kappa shape index (κ1) is 27.0. The molecule has 1 aliphatic rings. The summed E-state index contributed by atoms with van der Waals surface area (Å²) in [5, 5.41) is 0. The Kier molecular flexibility index (Phi) is 7.63. The van der Waals surface area contributed by atoms with Crippen molar-refractivity contribution in [3.05, 3.63) is 84.5 Å². The van der Waals surface area contributed by atoms with Crippen LogP contribution >= 0.6 is 11.3 Å². The molecule has 1 aromatic heterocycles. The van der Waals surface area contributed by atoms with E-state index in [-0.39, 0.29) is 15.9 Å². The van der Waals surface area contributed by atoms with Crippen LogP contribution in [0.1, 0.15) is 24.1 Å². The molecule has 0 bridgehead atoms. The smallest absolute Gasteiger partial charge is 0.434 e. The Bertz CT molecular complexity index is 1550. The molecular formula is C26H23F3N2O6S. The Morgan fingerprint density at radius 2 is 1.71 bits per heavy atom. The number of halogens is 3. The minimum atomic E-state index is -4.97. The van der Waals surface area contributed by atoms with Crippen LogP contribution in [0, 0.1) is 0 Å². The number of rotatable bonds is 7. The van der Waals surface area contributed by atoms with Gasteiger partial charge in [0.05, 0.1) is 44.1 Å². The van der Waals surface area contributed by atoms with Crippen LogP contribution in [0.2, 0.25) is 0 Å². The van der Waals surface area contributed by atoms with Crippen molar-refractivity contribution in [3.8, 4) is 17.2 Å². The lowest BCUT2D eigenvalue weighted by Crippen LogP contribution is -2.41. The second-order valence-corrected chi connectivity index (χ2v) is 8.94. The highest BCUT2D eigenvalue weighted by Crippen LogP contribution is 2.39. The zero-order valence-electron chi connectivity index (χ0n) is 20.8. The van der Waals surface area contributed by atoms with E-state index in [4.69, 9.17) is 18.9 Å². The summed E-state index contributed by atoms with van der Waals surface area (Å²) in [4.78, 5) is 30.1. The molecule has 0 spiro atoms. The Morgan fingerprint density at radius 1 is 1.08 bits per heavy atom. The number of methoxy groups -OCH3 is 3. The van der Waals surface area contributed by atoms with Gasteiger partial charge in [-0.05, 0) is 36.3 Å². The van der Waals surface area contributed by atoms with Gasteiger partial charge in [-0.15, -0.1) is 0 Å². The number of thiazole rings is 1. The Labute approximate surface area is 218 Å². The monoisotopic (exact) mass is 548 g/mol. The summed E-state index contributed by atoms with van der Waals surface area (Å²) in [6.45, 7) is 1.33. The van der Waals surface area contributed by atoms with Crippen LogP contribution in [0.15, 0.2) is 63.5 Å². The second-order valence-electron chi connectivity index (χ2n) is 7.93. The van der Waals surface area contributed by atoms with E-state index in [1.54, 1.807) is 42.5 Å². The number of alkyl halides is 3. The third-order valence-corrected chi connectivity index (χ3v) is 6.68. The van der Waals surface area contributed by atoms with Gasteiger partial charge in [0.1, 0.15) is 0 Å². The summed E-state index contributed by atoms with van der Waals surface area (Å²) in [6.07, 6.45) is -3.49. The van der Waals surface area contributed by atoms with Gasteiger partial charge in [-0.2, -0.15) is 13.2 Å². The molecule has 0 N–H and O–H groups in total. The molecule has 0 amide bonds.